The number of carbonyl (C=O) groups is 1. The standard InChI is InChI=1S/C11H16BrF2NO/c12-7-10(5-6-10)15-9(16)8-1-3-11(13,14)4-2-8/h8H,1-7H2,(H,15,16). The zero-order chi connectivity index (χ0) is 11.8. The van der Waals surface area contributed by atoms with Crippen LogP contribution in [0.2, 0.25) is 0 Å². The highest BCUT2D eigenvalue weighted by Crippen LogP contribution is 2.39. The van der Waals surface area contributed by atoms with Crippen LogP contribution in [-0.2, 0) is 4.79 Å². The van der Waals surface area contributed by atoms with Gasteiger partial charge in [0.05, 0.1) is 0 Å². The number of nitrogens with one attached hydrogen (secondary N) is 1. The summed E-state index contributed by atoms with van der Waals surface area (Å²) >= 11 is 3.37. The summed E-state index contributed by atoms with van der Waals surface area (Å²) < 4.78 is 25.8. The third kappa shape index (κ3) is 2.73. The van der Waals surface area contributed by atoms with E-state index in [1.165, 1.54) is 0 Å². The summed E-state index contributed by atoms with van der Waals surface area (Å²) in [5.41, 5.74) is -0.0724. The largest absolute Gasteiger partial charge is 0.350 e. The number of hydrogen-bond acceptors (Lipinski definition) is 1. The van der Waals surface area contributed by atoms with Gasteiger partial charge in [0.2, 0.25) is 11.8 Å². The molecule has 2 fully saturated rings. The van der Waals surface area contributed by atoms with E-state index in [0.717, 1.165) is 18.2 Å². The molecule has 0 aromatic carbocycles. The van der Waals surface area contributed by atoms with Crippen molar-refractivity contribution in [1.29, 1.82) is 0 Å². The van der Waals surface area contributed by atoms with Crippen LogP contribution in [0.4, 0.5) is 8.78 Å². The molecule has 2 nitrogen and oxygen atoms in total. The normalized spacial score (nSPS) is 27.4. The molecule has 0 aromatic rings. The van der Waals surface area contributed by atoms with Crippen LogP contribution in [0.3, 0.4) is 0 Å². The molecule has 2 aliphatic rings. The van der Waals surface area contributed by atoms with Crippen molar-refractivity contribution < 1.29 is 13.6 Å². The zero-order valence-electron chi connectivity index (χ0n) is 9.07. The van der Waals surface area contributed by atoms with Crippen LogP contribution in [-0.4, -0.2) is 22.7 Å². The van der Waals surface area contributed by atoms with Gasteiger partial charge in [0.15, 0.2) is 0 Å². The van der Waals surface area contributed by atoms with Gasteiger partial charge in [-0.15, -0.1) is 0 Å². The van der Waals surface area contributed by atoms with Crippen LogP contribution in [0, 0.1) is 5.92 Å². The Hall–Kier alpha value is -0.190. The molecule has 0 unspecified atom stereocenters. The molecule has 0 aliphatic heterocycles. The van der Waals surface area contributed by atoms with Crippen LogP contribution >= 0.6 is 15.9 Å². The summed E-state index contributed by atoms with van der Waals surface area (Å²) in [6.45, 7) is 0. The maximum Gasteiger partial charge on any atom is 0.248 e. The molecule has 92 valence electrons. The van der Waals surface area contributed by atoms with E-state index in [2.05, 4.69) is 21.2 Å². The fraction of sp³-hybridized carbons (Fsp3) is 0.909. The molecule has 2 saturated carbocycles. The summed E-state index contributed by atoms with van der Waals surface area (Å²) in [5.74, 6) is -2.80. The van der Waals surface area contributed by atoms with E-state index in [9.17, 15) is 13.6 Å². The molecule has 1 amide bonds. The van der Waals surface area contributed by atoms with Gasteiger partial charge in [-0.05, 0) is 25.7 Å². The van der Waals surface area contributed by atoms with Crippen LogP contribution in [0.15, 0.2) is 0 Å². The van der Waals surface area contributed by atoms with Gasteiger partial charge in [0.1, 0.15) is 0 Å². The fourth-order valence-electron chi connectivity index (χ4n) is 2.11. The monoisotopic (exact) mass is 295 g/mol. The minimum atomic E-state index is -2.55. The maximum absolute atomic E-state index is 12.9. The molecule has 16 heavy (non-hydrogen) atoms. The van der Waals surface area contributed by atoms with Gasteiger partial charge < -0.3 is 5.32 Å². The first-order chi connectivity index (χ1) is 7.46. The molecule has 0 saturated heterocycles. The fourth-order valence-corrected chi connectivity index (χ4v) is 2.81. The molecular weight excluding hydrogens is 280 g/mol. The summed E-state index contributed by atoms with van der Waals surface area (Å²) in [7, 11) is 0. The number of alkyl halides is 3. The van der Waals surface area contributed by atoms with Crippen LogP contribution < -0.4 is 5.32 Å². The van der Waals surface area contributed by atoms with E-state index in [1.807, 2.05) is 0 Å². The van der Waals surface area contributed by atoms with E-state index < -0.39 is 5.92 Å². The predicted octanol–water partition coefficient (Wildman–Crippen LogP) is 2.86. The van der Waals surface area contributed by atoms with Crippen molar-refractivity contribution in [3.05, 3.63) is 0 Å². The lowest BCUT2D eigenvalue weighted by atomic mass is 9.86. The van der Waals surface area contributed by atoms with Crippen LogP contribution in [0.1, 0.15) is 38.5 Å². The van der Waals surface area contributed by atoms with Crippen molar-refractivity contribution in [2.75, 3.05) is 5.33 Å². The number of rotatable bonds is 3. The van der Waals surface area contributed by atoms with Crippen molar-refractivity contribution in [3.8, 4) is 0 Å². The van der Waals surface area contributed by atoms with E-state index in [1.54, 1.807) is 0 Å². The molecule has 0 aromatic heterocycles. The molecule has 0 bridgehead atoms. The Labute approximate surface area is 102 Å². The summed E-state index contributed by atoms with van der Waals surface area (Å²) in [6.07, 6.45) is 2.33. The van der Waals surface area contributed by atoms with Crippen LogP contribution in [0.25, 0.3) is 0 Å². The smallest absolute Gasteiger partial charge is 0.248 e. The average molecular weight is 296 g/mol. The Morgan fingerprint density at radius 2 is 1.81 bits per heavy atom. The van der Waals surface area contributed by atoms with Gasteiger partial charge in [-0.1, -0.05) is 15.9 Å². The van der Waals surface area contributed by atoms with Gasteiger partial charge >= 0.3 is 0 Å². The first kappa shape index (κ1) is 12.3. The Kier molecular flexibility index (Phi) is 3.25. The molecule has 2 rings (SSSR count). The highest BCUT2D eigenvalue weighted by molar-refractivity contribution is 9.09. The molecule has 0 atom stereocenters. The topological polar surface area (TPSA) is 29.1 Å². The molecule has 5 heteroatoms. The van der Waals surface area contributed by atoms with Gasteiger partial charge in [-0.3, -0.25) is 4.79 Å². The Bertz CT molecular complexity index is 282. The van der Waals surface area contributed by atoms with Crippen molar-refractivity contribution >= 4 is 21.8 Å². The number of amides is 1. The molecule has 0 spiro atoms. The van der Waals surface area contributed by atoms with Gasteiger partial charge in [-0.2, -0.15) is 0 Å². The molecule has 1 N–H and O–H groups in total. The third-order valence-corrected chi connectivity index (χ3v) is 4.66. The highest BCUT2D eigenvalue weighted by atomic mass is 79.9. The Morgan fingerprint density at radius 3 is 2.25 bits per heavy atom. The highest BCUT2D eigenvalue weighted by Gasteiger charge is 2.45. The molecule has 0 radical (unpaired) electrons. The van der Waals surface area contributed by atoms with Crippen LogP contribution in [0.5, 0.6) is 0 Å². The summed E-state index contributed by atoms with van der Waals surface area (Å²) in [5, 5.41) is 3.74. The Morgan fingerprint density at radius 1 is 1.25 bits per heavy atom. The number of carbonyl (C=O) groups excluding carboxylic acids is 1. The lowest BCUT2D eigenvalue weighted by Gasteiger charge is -2.28. The van der Waals surface area contributed by atoms with E-state index >= 15 is 0 Å². The Balaban J connectivity index is 1.83. The van der Waals surface area contributed by atoms with Gasteiger partial charge in [0, 0.05) is 29.6 Å². The second kappa shape index (κ2) is 4.24. The summed E-state index contributed by atoms with van der Waals surface area (Å²) in [6, 6.07) is 0. The van der Waals surface area contributed by atoms with Crippen molar-refractivity contribution in [3.63, 3.8) is 0 Å². The number of halogens is 3. The lowest BCUT2D eigenvalue weighted by molar-refractivity contribution is -0.129. The average Bonchev–Trinajstić information content (AvgIpc) is 2.98. The van der Waals surface area contributed by atoms with Gasteiger partial charge in [0.25, 0.3) is 0 Å². The predicted molar refractivity (Wildman–Crippen MR) is 60.8 cm³/mol. The molecular formula is C11H16BrF2NO. The van der Waals surface area contributed by atoms with Crippen molar-refractivity contribution in [2.24, 2.45) is 5.92 Å². The maximum atomic E-state index is 12.9. The minimum absolute atomic E-state index is 0.0348. The first-order valence-electron chi connectivity index (χ1n) is 5.72. The third-order valence-electron chi connectivity index (χ3n) is 3.59. The minimum Gasteiger partial charge on any atom is -0.350 e. The second-order valence-corrected chi connectivity index (χ2v) is 5.59. The second-order valence-electron chi connectivity index (χ2n) is 5.03. The first-order valence-corrected chi connectivity index (χ1v) is 6.84. The number of hydrogen-bond donors (Lipinski definition) is 1. The quantitative estimate of drug-likeness (QED) is 0.797. The van der Waals surface area contributed by atoms with Crippen molar-refractivity contribution in [1.82, 2.24) is 5.32 Å². The van der Waals surface area contributed by atoms with Crippen molar-refractivity contribution in [2.45, 2.75) is 50.0 Å². The van der Waals surface area contributed by atoms with Gasteiger partial charge in [-0.25, -0.2) is 8.78 Å². The van der Waals surface area contributed by atoms with E-state index in [4.69, 9.17) is 0 Å². The molecule has 2 aliphatic carbocycles. The van der Waals surface area contributed by atoms with E-state index in [-0.39, 0.29) is 30.2 Å². The molecule has 0 heterocycles. The van der Waals surface area contributed by atoms with E-state index in [0.29, 0.717) is 12.8 Å². The lowest BCUT2D eigenvalue weighted by Crippen LogP contribution is -2.43. The zero-order valence-corrected chi connectivity index (χ0v) is 10.7. The summed E-state index contributed by atoms with van der Waals surface area (Å²) in [4.78, 5) is 11.8. The SMILES string of the molecule is O=C(NC1(CBr)CC1)C1CCC(F)(F)CC1.